The Hall–Kier alpha value is -2.25. The van der Waals surface area contributed by atoms with Crippen LogP contribution in [-0.2, 0) is 6.42 Å². The van der Waals surface area contributed by atoms with Crippen LogP contribution in [0.25, 0.3) is 0 Å². The van der Waals surface area contributed by atoms with E-state index in [1.807, 2.05) is 13.0 Å². The molecule has 23 heavy (non-hydrogen) atoms. The number of nitrogens with two attached hydrogens (primary N) is 1. The van der Waals surface area contributed by atoms with Gasteiger partial charge in [0.1, 0.15) is 5.69 Å². The second-order valence-corrected chi connectivity index (χ2v) is 6.29. The maximum Gasteiger partial charge on any atom is 0.275 e. The number of anilines is 1. The van der Waals surface area contributed by atoms with Gasteiger partial charge in [0.15, 0.2) is 0 Å². The normalized spacial score (nSPS) is 10.4. The molecule has 0 saturated heterocycles. The highest BCUT2D eigenvalue weighted by molar-refractivity contribution is 7.09. The number of nitrogens with zero attached hydrogens (tertiary/aromatic N) is 2. The van der Waals surface area contributed by atoms with Gasteiger partial charge >= 0.3 is 0 Å². The lowest BCUT2D eigenvalue weighted by molar-refractivity contribution is 0.0827. The molecule has 1 aromatic heterocycles. The van der Waals surface area contributed by atoms with Crippen LogP contribution in [-0.4, -0.2) is 42.3 Å². The molecule has 122 valence electrons. The molecule has 0 atom stereocenters. The van der Waals surface area contributed by atoms with Crippen LogP contribution in [0.2, 0.25) is 0 Å². The van der Waals surface area contributed by atoms with Gasteiger partial charge in [-0.15, -0.1) is 11.3 Å². The summed E-state index contributed by atoms with van der Waals surface area (Å²) in [5.74, 6) is -0.401. The van der Waals surface area contributed by atoms with Gasteiger partial charge in [-0.25, -0.2) is 4.98 Å². The third kappa shape index (κ3) is 4.14. The standard InChI is InChI=1S/C16H20N4O2S/c1-10-4-5-11(16(22)20(2)3)8-12(10)19-15(21)13-9-23-14(18-13)6-7-17/h4-5,8-9H,6-7,17H2,1-3H3,(H,19,21). The second kappa shape index (κ2) is 7.34. The van der Waals surface area contributed by atoms with Gasteiger partial charge in [-0.1, -0.05) is 6.07 Å². The fourth-order valence-corrected chi connectivity index (χ4v) is 2.78. The van der Waals surface area contributed by atoms with E-state index in [4.69, 9.17) is 5.73 Å². The van der Waals surface area contributed by atoms with Gasteiger partial charge in [0.25, 0.3) is 11.8 Å². The molecule has 1 heterocycles. The van der Waals surface area contributed by atoms with Crippen LogP contribution in [0.5, 0.6) is 0 Å². The summed E-state index contributed by atoms with van der Waals surface area (Å²) < 4.78 is 0. The number of amides is 2. The maximum absolute atomic E-state index is 12.3. The summed E-state index contributed by atoms with van der Waals surface area (Å²) in [6.45, 7) is 2.38. The summed E-state index contributed by atoms with van der Waals surface area (Å²) in [4.78, 5) is 30.1. The summed E-state index contributed by atoms with van der Waals surface area (Å²) in [5.41, 5.74) is 7.87. The molecule has 3 N–H and O–H groups in total. The van der Waals surface area contributed by atoms with Gasteiger partial charge in [0.05, 0.1) is 5.01 Å². The molecular formula is C16H20N4O2S. The Morgan fingerprint density at radius 3 is 2.74 bits per heavy atom. The molecule has 7 heteroatoms. The third-order valence-corrected chi connectivity index (χ3v) is 4.19. The van der Waals surface area contributed by atoms with Crippen LogP contribution in [0, 0.1) is 6.92 Å². The third-order valence-electron chi connectivity index (χ3n) is 3.28. The molecule has 6 nitrogen and oxygen atoms in total. The van der Waals surface area contributed by atoms with Crippen LogP contribution in [0.1, 0.15) is 31.4 Å². The molecule has 2 amide bonds. The van der Waals surface area contributed by atoms with Gasteiger partial charge in [0, 0.05) is 37.1 Å². The number of nitrogens with one attached hydrogen (secondary N) is 1. The largest absolute Gasteiger partial charge is 0.345 e. The summed E-state index contributed by atoms with van der Waals surface area (Å²) >= 11 is 1.42. The van der Waals surface area contributed by atoms with E-state index >= 15 is 0 Å². The zero-order valence-electron chi connectivity index (χ0n) is 13.4. The monoisotopic (exact) mass is 332 g/mol. The van der Waals surface area contributed by atoms with Gasteiger partial charge in [-0.2, -0.15) is 0 Å². The Kier molecular flexibility index (Phi) is 5.46. The maximum atomic E-state index is 12.3. The van der Waals surface area contributed by atoms with Crippen LogP contribution in [0.4, 0.5) is 5.69 Å². The quantitative estimate of drug-likeness (QED) is 0.875. The first-order valence-corrected chi connectivity index (χ1v) is 8.08. The van der Waals surface area contributed by atoms with Crippen molar-refractivity contribution in [1.29, 1.82) is 0 Å². The van der Waals surface area contributed by atoms with Crippen LogP contribution in [0.15, 0.2) is 23.6 Å². The van der Waals surface area contributed by atoms with E-state index in [0.29, 0.717) is 29.9 Å². The minimum Gasteiger partial charge on any atom is -0.345 e. The zero-order valence-corrected chi connectivity index (χ0v) is 14.2. The predicted molar refractivity (Wildman–Crippen MR) is 92.0 cm³/mol. The summed E-state index contributed by atoms with van der Waals surface area (Å²) in [6, 6.07) is 5.24. The van der Waals surface area contributed by atoms with Gasteiger partial charge < -0.3 is 16.0 Å². The molecule has 0 bridgehead atoms. The van der Waals surface area contributed by atoms with Crippen molar-refractivity contribution in [3.8, 4) is 0 Å². The Morgan fingerprint density at radius 1 is 1.35 bits per heavy atom. The van der Waals surface area contributed by atoms with Crippen molar-refractivity contribution in [3.63, 3.8) is 0 Å². The highest BCUT2D eigenvalue weighted by Gasteiger charge is 2.14. The average Bonchev–Trinajstić information content (AvgIpc) is 2.97. The molecule has 0 aliphatic heterocycles. The number of thiazole rings is 1. The van der Waals surface area contributed by atoms with E-state index in [1.165, 1.54) is 16.2 Å². The van der Waals surface area contributed by atoms with Gasteiger partial charge in [-0.3, -0.25) is 9.59 Å². The average molecular weight is 332 g/mol. The van der Waals surface area contributed by atoms with E-state index in [0.717, 1.165) is 10.6 Å². The van der Waals surface area contributed by atoms with Crippen LogP contribution >= 0.6 is 11.3 Å². The van der Waals surface area contributed by atoms with Crippen LogP contribution in [0.3, 0.4) is 0 Å². The summed E-state index contributed by atoms with van der Waals surface area (Å²) in [7, 11) is 3.38. The van der Waals surface area contributed by atoms with Crippen molar-refractivity contribution < 1.29 is 9.59 Å². The highest BCUT2D eigenvalue weighted by atomic mass is 32.1. The van der Waals surface area contributed by atoms with E-state index in [2.05, 4.69) is 10.3 Å². The fourth-order valence-electron chi connectivity index (χ4n) is 1.99. The number of hydrogen-bond donors (Lipinski definition) is 2. The van der Waals surface area contributed by atoms with E-state index < -0.39 is 0 Å². The van der Waals surface area contributed by atoms with Crippen molar-refractivity contribution in [2.45, 2.75) is 13.3 Å². The highest BCUT2D eigenvalue weighted by Crippen LogP contribution is 2.19. The van der Waals surface area contributed by atoms with Gasteiger partial charge in [0.2, 0.25) is 0 Å². The Bertz CT molecular complexity index is 725. The lowest BCUT2D eigenvalue weighted by Crippen LogP contribution is -2.22. The minimum atomic E-state index is -0.290. The lowest BCUT2D eigenvalue weighted by atomic mass is 10.1. The number of aromatic nitrogens is 1. The SMILES string of the molecule is Cc1ccc(C(=O)N(C)C)cc1NC(=O)c1csc(CCN)n1. The molecular weight excluding hydrogens is 312 g/mol. The molecule has 0 spiro atoms. The Morgan fingerprint density at radius 2 is 2.09 bits per heavy atom. The molecule has 0 radical (unpaired) electrons. The van der Waals surface area contributed by atoms with Gasteiger partial charge in [-0.05, 0) is 31.2 Å². The lowest BCUT2D eigenvalue weighted by Gasteiger charge is -2.13. The number of hydrogen-bond acceptors (Lipinski definition) is 5. The molecule has 1 aromatic carbocycles. The molecule has 0 aliphatic rings. The Balaban J connectivity index is 2.19. The number of aryl methyl sites for hydroxylation is 1. The first-order valence-electron chi connectivity index (χ1n) is 7.20. The van der Waals surface area contributed by atoms with Crippen molar-refractivity contribution in [2.24, 2.45) is 5.73 Å². The number of benzene rings is 1. The van der Waals surface area contributed by atoms with Crippen molar-refractivity contribution in [1.82, 2.24) is 9.88 Å². The number of rotatable bonds is 5. The minimum absolute atomic E-state index is 0.112. The topological polar surface area (TPSA) is 88.3 Å². The van der Waals surface area contributed by atoms with E-state index in [1.54, 1.807) is 31.6 Å². The van der Waals surface area contributed by atoms with E-state index in [-0.39, 0.29) is 11.8 Å². The molecule has 2 aromatic rings. The molecule has 0 aliphatic carbocycles. The van der Waals surface area contributed by atoms with Crippen molar-refractivity contribution in [3.05, 3.63) is 45.4 Å². The molecule has 0 fully saturated rings. The summed E-state index contributed by atoms with van der Waals surface area (Å²) in [5, 5.41) is 5.37. The number of carbonyl (C=O) groups is 2. The van der Waals surface area contributed by atoms with Crippen molar-refractivity contribution >= 4 is 28.8 Å². The first-order chi connectivity index (χ1) is 10.9. The molecule has 0 unspecified atom stereocenters. The molecule has 0 saturated carbocycles. The summed E-state index contributed by atoms with van der Waals surface area (Å²) in [6.07, 6.45) is 0.657. The first kappa shape index (κ1) is 17.1. The number of carbonyl (C=O) groups excluding carboxylic acids is 2. The van der Waals surface area contributed by atoms with E-state index in [9.17, 15) is 9.59 Å². The fraction of sp³-hybridized carbons (Fsp3) is 0.312. The Labute approximate surface area is 139 Å². The van der Waals surface area contributed by atoms with Crippen LogP contribution < -0.4 is 11.1 Å². The second-order valence-electron chi connectivity index (χ2n) is 5.35. The van der Waals surface area contributed by atoms with Crippen molar-refractivity contribution in [2.75, 3.05) is 26.0 Å². The zero-order chi connectivity index (χ0) is 17.0. The smallest absolute Gasteiger partial charge is 0.275 e. The predicted octanol–water partition coefficient (Wildman–Crippen LogP) is 1.91. The molecule has 2 rings (SSSR count).